The molecule has 1 aromatic heterocycles. The highest BCUT2D eigenvalue weighted by molar-refractivity contribution is 7.80. The van der Waals surface area contributed by atoms with Gasteiger partial charge in [-0.25, -0.2) is 0 Å². The fourth-order valence-electron chi connectivity index (χ4n) is 3.34. The summed E-state index contributed by atoms with van der Waals surface area (Å²) in [5.41, 5.74) is 4.42. The van der Waals surface area contributed by atoms with E-state index in [0.717, 1.165) is 40.1 Å². The van der Waals surface area contributed by atoms with Gasteiger partial charge in [0.1, 0.15) is 9.57 Å². The number of hydrogen-bond acceptors (Lipinski definition) is 5. The number of likely N-dealkylation sites (tertiary alicyclic amines) is 1. The second-order valence-corrected chi connectivity index (χ2v) is 9.17. The zero-order valence-electron chi connectivity index (χ0n) is 13.8. The number of phenols is 1. The molecule has 4 rings (SSSR count). The average molecular weight is 386 g/mol. The summed E-state index contributed by atoms with van der Waals surface area (Å²) in [6.07, 6.45) is 2.50. The fraction of sp³-hybridized carbons (Fsp3) is 0.250. The molecule has 2 heterocycles. The summed E-state index contributed by atoms with van der Waals surface area (Å²) in [4.78, 5) is 3.62. The fourth-order valence-corrected chi connectivity index (χ4v) is 6.25. The molecule has 1 saturated heterocycles. The Morgan fingerprint density at radius 1 is 0.960 bits per heavy atom. The molecule has 0 saturated carbocycles. The number of phenolic OH excluding ortho intramolecular Hbond substituents is 1. The van der Waals surface area contributed by atoms with Crippen molar-refractivity contribution in [3.63, 3.8) is 0 Å². The van der Waals surface area contributed by atoms with Crippen molar-refractivity contribution >= 4 is 32.9 Å². The maximum absolute atomic E-state index is 10.3. The van der Waals surface area contributed by atoms with Crippen LogP contribution in [0.4, 0.5) is 0 Å². The van der Waals surface area contributed by atoms with E-state index in [1.807, 2.05) is 18.2 Å². The molecule has 2 aromatic carbocycles. The molecule has 0 atom stereocenters. The van der Waals surface area contributed by atoms with Gasteiger partial charge >= 0.3 is 0 Å². The number of nitrogens with zero attached hydrogens (tertiary/aromatic N) is 1. The van der Waals surface area contributed by atoms with Gasteiger partial charge in [-0.2, -0.15) is 0 Å². The van der Waals surface area contributed by atoms with Gasteiger partial charge in [0.15, 0.2) is 0 Å². The number of hydrogen-bond donors (Lipinski definition) is 1. The Hall–Kier alpha value is -1.53. The Morgan fingerprint density at radius 2 is 1.72 bits per heavy atom. The highest BCUT2D eigenvalue weighted by Crippen LogP contribution is 2.42. The summed E-state index contributed by atoms with van der Waals surface area (Å²) in [6, 6.07) is 16.3. The summed E-state index contributed by atoms with van der Waals surface area (Å²) in [7, 11) is 3.38. The summed E-state index contributed by atoms with van der Waals surface area (Å²) in [5, 5.41) is 10.3. The Labute approximate surface area is 160 Å². The highest BCUT2D eigenvalue weighted by Gasteiger charge is 2.17. The lowest BCUT2D eigenvalue weighted by atomic mass is 10.0. The van der Waals surface area contributed by atoms with E-state index in [2.05, 4.69) is 35.2 Å². The number of aromatic hydroxyl groups is 1. The van der Waals surface area contributed by atoms with Crippen LogP contribution >= 0.6 is 32.9 Å². The minimum absolute atomic E-state index is 0.377. The molecule has 0 bridgehead atoms. The Kier molecular flexibility index (Phi) is 4.99. The van der Waals surface area contributed by atoms with Crippen LogP contribution in [0.5, 0.6) is 5.75 Å². The molecule has 0 unspecified atom stereocenters. The third-order valence-electron chi connectivity index (χ3n) is 4.63. The van der Waals surface area contributed by atoms with Crippen LogP contribution in [-0.4, -0.2) is 23.1 Å². The van der Waals surface area contributed by atoms with E-state index in [1.54, 1.807) is 20.7 Å². The minimum Gasteiger partial charge on any atom is -0.508 e. The first-order chi connectivity index (χ1) is 12.2. The lowest BCUT2D eigenvalue weighted by molar-refractivity contribution is 0.324. The van der Waals surface area contributed by atoms with Gasteiger partial charge in [0, 0.05) is 17.7 Å². The van der Waals surface area contributed by atoms with Crippen molar-refractivity contribution in [2.24, 2.45) is 0 Å². The summed E-state index contributed by atoms with van der Waals surface area (Å²) in [5.74, 6) is 0.377. The molecular weight excluding hydrogens is 366 g/mol. The van der Waals surface area contributed by atoms with Gasteiger partial charge in [-0.05, 0) is 49.2 Å². The largest absolute Gasteiger partial charge is 0.508 e. The summed E-state index contributed by atoms with van der Waals surface area (Å²) >= 11 is 5.63. The molecule has 1 fully saturated rings. The molecular formula is C20H19NOS3. The van der Waals surface area contributed by atoms with E-state index in [-0.39, 0.29) is 0 Å². The van der Waals surface area contributed by atoms with Crippen molar-refractivity contribution in [3.05, 3.63) is 57.9 Å². The van der Waals surface area contributed by atoms with Crippen LogP contribution in [0.15, 0.2) is 48.5 Å². The minimum atomic E-state index is 0.377. The lowest BCUT2D eigenvalue weighted by Crippen LogP contribution is -2.18. The van der Waals surface area contributed by atoms with Gasteiger partial charge in [0.05, 0.1) is 4.88 Å². The molecule has 3 aromatic rings. The molecule has 0 aliphatic carbocycles. The van der Waals surface area contributed by atoms with E-state index in [1.165, 1.54) is 23.3 Å². The Morgan fingerprint density at radius 3 is 2.48 bits per heavy atom. The molecule has 128 valence electrons. The van der Waals surface area contributed by atoms with Gasteiger partial charge in [-0.15, -0.1) is 0 Å². The van der Waals surface area contributed by atoms with Crippen LogP contribution < -0.4 is 0 Å². The normalized spacial score (nSPS) is 14.9. The monoisotopic (exact) mass is 385 g/mol. The first-order valence-electron chi connectivity index (χ1n) is 8.45. The Balaban J connectivity index is 1.75. The summed E-state index contributed by atoms with van der Waals surface area (Å²) < 4.78 is 0.918. The second kappa shape index (κ2) is 7.38. The predicted octanol–water partition coefficient (Wildman–Crippen LogP) is 6.17. The molecule has 0 spiro atoms. The molecule has 0 amide bonds. The summed E-state index contributed by atoms with van der Waals surface area (Å²) in [6.45, 7) is 3.04. The lowest BCUT2D eigenvalue weighted by Gasteiger charge is -2.16. The molecule has 2 nitrogen and oxygen atoms in total. The van der Waals surface area contributed by atoms with Crippen LogP contribution in [0.1, 0.15) is 18.4 Å². The molecule has 1 aliphatic rings. The van der Waals surface area contributed by atoms with Crippen LogP contribution in [0, 0.1) is 3.82 Å². The van der Waals surface area contributed by atoms with E-state index < -0.39 is 0 Å². The van der Waals surface area contributed by atoms with Gasteiger partial charge in [0.2, 0.25) is 0 Å². The molecule has 5 heteroatoms. The number of rotatable bonds is 4. The molecule has 0 radical (unpaired) electrons. The molecule has 25 heavy (non-hydrogen) atoms. The van der Waals surface area contributed by atoms with Gasteiger partial charge in [-0.1, -0.05) is 69.3 Å². The first kappa shape index (κ1) is 16.9. The average Bonchev–Trinajstić information content (AvgIpc) is 3.27. The maximum atomic E-state index is 10.3. The quantitative estimate of drug-likeness (QED) is 0.429. The molecule has 1 aliphatic heterocycles. The maximum Gasteiger partial charge on any atom is 0.120 e. The highest BCUT2D eigenvalue weighted by atomic mass is 32.9. The predicted molar refractivity (Wildman–Crippen MR) is 110 cm³/mol. The van der Waals surface area contributed by atoms with Crippen molar-refractivity contribution in [1.29, 1.82) is 0 Å². The van der Waals surface area contributed by atoms with E-state index in [9.17, 15) is 5.11 Å². The van der Waals surface area contributed by atoms with E-state index >= 15 is 0 Å². The van der Waals surface area contributed by atoms with E-state index in [0.29, 0.717) is 5.75 Å². The third kappa shape index (κ3) is 3.55. The second-order valence-electron chi connectivity index (χ2n) is 6.35. The SMILES string of the molecule is Oc1ccc(-c2c(-c3ccccc3)ssc2=S)cc1CN1CCCC1. The van der Waals surface area contributed by atoms with Crippen molar-refractivity contribution in [2.45, 2.75) is 19.4 Å². The Bertz CT molecular complexity index is 924. The van der Waals surface area contributed by atoms with Crippen molar-refractivity contribution < 1.29 is 5.11 Å². The smallest absolute Gasteiger partial charge is 0.120 e. The molecule has 1 N–H and O–H groups in total. The third-order valence-corrected chi connectivity index (χ3v) is 7.69. The first-order valence-corrected chi connectivity index (χ1v) is 11.0. The zero-order valence-corrected chi connectivity index (χ0v) is 16.2. The van der Waals surface area contributed by atoms with Gasteiger partial charge in [0.25, 0.3) is 0 Å². The zero-order chi connectivity index (χ0) is 17.2. The van der Waals surface area contributed by atoms with Crippen molar-refractivity contribution in [3.8, 4) is 27.3 Å². The van der Waals surface area contributed by atoms with Crippen molar-refractivity contribution in [2.75, 3.05) is 13.1 Å². The van der Waals surface area contributed by atoms with Crippen molar-refractivity contribution in [1.82, 2.24) is 4.90 Å². The van der Waals surface area contributed by atoms with Crippen LogP contribution in [0.3, 0.4) is 0 Å². The topological polar surface area (TPSA) is 23.5 Å². The van der Waals surface area contributed by atoms with Crippen LogP contribution in [0.25, 0.3) is 21.6 Å². The van der Waals surface area contributed by atoms with Gasteiger partial charge < -0.3 is 5.11 Å². The van der Waals surface area contributed by atoms with Gasteiger partial charge in [-0.3, -0.25) is 4.90 Å². The van der Waals surface area contributed by atoms with Crippen LogP contribution in [-0.2, 0) is 6.54 Å². The number of benzene rings is 2. The standard InChI is InChI=1S/C20H19NOS3/c22-17-9-8-15(12-16(17)13-21-10-4-5-11-21)18-19(24-25-20(18)23)14-6-2-1-3-7-14/h1-3,6-9,12,22H,4-5,10-11,13H2. The van der Waals surface area contributed by atoms with E-state index in [4.69, 9.17) is 12.2 Å². The van der Waals surface area contributed by atoms with Crippen LogP contribution in [0.2, 0.25) is 0 Å².